The number of imidazole rings is 1. The zero-order chi connectivity index (χ0) is 18.6. The molecule has 1 heterocycles. The van der Waals surface area contributed by atoms with E-state index in [4.69, 9.17) is 4.74 Å². The monoisotopic (exact) mass is 357 g/mol. The van der Waals surface area contributed by atoms with E-state index >= 15 is 0 Å². The number of rotatable bonds is 7. The van der Waals surface area contributed by atoms with E-state index in [1.54, 1.807) is 11.9 Å². The molecule has 0 radical (unpaired) electrons. The van der Waals surface area contributed by atoms with Gasteiger partial charge in [0.1, 0.15) is 11.9 Å². The third-order valence-electron chi connectivity index (χ3n) is 5.01. The van der Waals surface area contributed by atoms with Crippen molar-refractivity contribution in [2.45, 2.75) is 59.2 Å². The molecule has 3 atom stereocenters. The Kier molecular flexibility index (Phi) is 6.93. The summed E-state index contributed by atoms with van der Waals surface area (Å²) >= 11 is 0. The molecule has 25 heavy (non-hydrogen) atoms. The van der Waals surface area contributed by atoms with Gasteiger partial charge in [-0.2, -0.15) is 8.78 Å². The zero-order valence-corrected chi connectivity index (χ0v) is 15.5. The lowest BCUT2D eigenvalue weighted by atomic mass is 9.75. The first kappa shape index (κ1) is 19.8. The van der Waals surface area contributed by atoms with Gasteiger partial charge in [0, 0.05) is 12.4 Å². The number of hydrogen-bond donors (Lipinski definition) is 0. The van der Waals surface area contributed by atoms with E-state index < -0.39 is 6.55 Å². The Morgan fingerprint density at radius 1 is 1.44 bits per heavy atom. The van der Waals surface area contributed by atoms with E-state index in [9.17, 15) is 13.6 Å². The molecule has 0 amide bonds. The number of halogens is 2. The Labute approximate surface area is 148 Å². The van der Waals surface area contributed by atoms with Crippen LogP contribution in [-0.4, -0.2) is 40.1 Å². The maximum atomic E-state index is 12.9. The Balaban J connectivity index is 1.89. The molecule has 1 aliphatic rings. The van der Waals surface area contributed by atoms with Crippen molar-refractivity contribution in [3.63, 3.8) is 0 Å². The quantitative estimate of drug-likeness (QED) is 0.698. The molecule has 1 saturated carbocycles. The molecule has 1 aliphatic carbocycles. The molecule has 1 fully saturated rings. The number of esters is 1. The van der Waals surface area contributed by atoms with Crippen molar-refractivity contribution in [2.75, 3.05) is 13.6 Å². The van der Waals surface area contributed by atoms with Crippen LogP contribution in [0.5, 0.6) is 0 Å². The minimum atomic E-state index is -2.63. The lowest BCUT2D eigenvalue weighted by Crippen LogP contribution is -2.38. The van der Waals surface area contributed by atoms with E-state index in [0.717, 1.165) is 17.4 Å². The maximum Gasteiger partial charge on any atom is 0.320 e. The highest BCUT2D eigenvalue weighted by Crippen LogP contribution is 2.35. The molecular formula is C18H29F2N3O2. The van der Waals surface area contributed by atoms with Gasteiger partial charge >= 0.3 is 12.5 Å². The molecular weight excluding hydrogens is 328 g/mol. The SMILES string of the molecule is CC1CCC(C(C)C)C(OC(=O)CN(C)Cc2nccn2C(F)F)C1. The Morgan fingerprint density at radius 2 is 2.16 bits per heavy atom. The van der Waals surface area contributed by atoms with Crippen LogP contribution in [0.4, 0.5) is 8.78 Å². The van der Waals surface area contributed by atoms with Crippen LogP contribution in [0, 0.1) is 17.8 Å². The predicted molar refractivity (Wildman–Crippen MR) is 91.0 cm³/mol. The highest BCUT2D eigenvalue weighted by molar-refractivity contribution is 5.71. The third kappa shape index (κ3) is 5.49. The van der Waals surface area contributed by atoms with Gasteiger partial charge in [-0.25, -0.2) is 4.98 Å². The largest absolute Gasteiger partial charge is 0.461 e. The van der Waals surface area contributed by atoms with Crippen molar-refractivity contribution in [3.05, 3.63) is 18.2 Å². The number of ether oxygens (including phenoxy) is 1. The average molecular weight is 357 g/mol. The number of carbonyl (C=O) groups is 1. The van der Waals surface area contributed by atoms with Gasteiger partial charge in [0.25, 0.3) is 0 Å². The Morgan fingerprint density at radius 3 is 2.80 bits per heavy atom. The van der Waals surface area contributed by atoms with Gasteiger partial charge in [-0.3, -0.25) is 14.3 Å². The van der Waals surface area contributed by atoms with Crippen molar-refractivity contribution in [2.24, 2.45) is 17.8 Å². The highest BCUT2D eigenvalue weighted by Gasteiger charge is 2.33. The Hall–Kier alpha value is -1.50. The molecule has 7 heteroatoms. The standard InChI is InChI=1S/C18H29F2N3O2/c1-12(2)14-6-5-13(3)9-15(14)25-17(24)11-22(4)10-16-21-7-8-23(16)18(19)20/h7-8,12-15,18H,5-6,9-11H2,1-4H3. The van der Waals surface area contributed by atoms with E-state index in [-0.39, 0.29) is 31.0 Å². The van der Waals surface area contributed by atoms with Gasteiger partial charge in [0.2, 0.25) is 0 Å². The molecule has 0 aliphatic heterocycles. The summed E-state index contributed by atoms with van der Waals surface area (Å²) in [6.45, 7) is 4.12. The first-order valence-corrected chi connectivity index (χ1v) is 8.95. The van der Waals surface area contributed by atoms with E-state index in [1.807, 2.05) is 0 Å². The lowest BCUT2D eigenvalue weighted by molar-refractivity contribution is -0.157. The summed E-state index contributed by atoms with van der Waals surface area (Å²) < 4.78 is 32.3. The molecule has 0 saturated heterocycles. The summed E-state index contributed by atoms with van der Waals surface area (Å²) in [5.74, 6) is 1.35. The summed E-state index contributed by atoms with van der Waals surface area (Å²) in [5, 5.41) is 0. The molecule has 0 N–H and O–H groups in total. The minimum Gasteiger partial charge on any atom is -0.461 e. The molecule has 0 bridgehead atoms. The molecule has 142 valence electrons. The molecule has 3 unspecified atom stereocenters. The van der Waals surface area contributed by atoms with E-state index in [2.05, 4.69) is 25.8 Å². The minimum absolute atomic E-state index is 0.0484. The summed E-state index contributed by atoms with van der Waals surface area (Å²) in [4.78, 5) is 17.9. The fourth-order valence-electron chi connectivity index (χ4n) is 3.62. The second-order valence-corrected chi connectivity index (χ2v) is 7.56. The smallest absolute Gasteiger partial charge is 0.320 e. The number of hydrogen-bond acceptors (Lipinski definition) is 4. The van der Waals surface area contributed by atoms with Gasteiger partial charge in [-0.05, 0) is 37.6 Å². The number of likely N-dealkylation sites (N-methyl/N-ethyl adjacent to an activating group) is 1. The zero-order valence-electron chi connectivity index (χ0n) is 15.5. The van der Waals surface area contributed by atoms with Crippen molar-refractivity contribution in [3.8, 4) is 0 Å². The Bertz CT molecular complexity index is 562. The predicted octanol–water partition coefficient (Wildman–Crippen LogP) is 3.71. The summed E-state index contributed by atoms with van der Waals surface area (Å²) in [5.41, 5.74) is 0. The number of nitrogens with zero attached hydrogens (tertiary/aromatic N) is 3. The van der Waals surface area contributed by atoms with Gasteiger partial charge in [-0.15, -0.1) is 0 Å². The normalized spacial score (nSPS) is 24.3. The van der Waals surface area contributed by atoms with Gasteiger partial charge < -0.3 is 4.74 Å². The van der Waals surface area contributed by atoms with Crippen LogP contribution in [0.25, 0.3) is 0 Å². The fourth-order valence-corrected chi connectivity index (χ4v) is 3.62. The second kappa shape index (κ2) is 8.74. The number of aromatic nitrogens is 2. The van der Waals surface area contributed by atoms with Crippen molar-refractivity contribution >= 4 is 5.97 Å². The molecule has 1 aromatic rings. The van der Waals surface area contributed by atoms with Crippen LogP contribution in [0.15, 0.2) is 12.4 Å². The van der Waals surface area contributed by atoms with E-state index in [1.165, 1.54) is 18.8 Å². The highest BCUT2D eigenvalue weighted by atomic mass is 19.3. The van der Waals surface area contributed by atoms with Crippen molar-refractivity contribution in [1.82, 2.24) is 14.5 Å². The molecule has 0 aromatic carbocycles. The van der Waals surface area contributed by atoms with Crippen LogP contribution in [0.1, 0.15) is 52.4 Å². The lowest BCUT2D eigenvalue weighted by Gasteiger charge is -2.36. The van der Waals surface area contributed by atoms with Gasteiger partial charge in [-0.1, -0.05) is 27.2 Å². The van der Waals surface area contributed by atoms with Crippen LogP contribution >= 0.6 is 0 Å². The average Bonchev–Trinajstić information content (AvgIpc) is 2.94. The van der Waals surface area contributed by atoms with Gasteiger partial charge in [0.05, 0.1) is 13.1 Å². The number of alkyl halides is 2. The maximum absolute atomic E-state index is 12.9. The van der Waals surface area contributed by atoms with E-state index in [0.29, 0.717) is 17.8 Å². The van der Waals surface area contributed by atoms with Gasteiger partial charge in [0.15, 0.2) is 0 Å². The summed E-state index contributed by atoms with van der Waals surface area (Å²) in [7, 11) is 1.70. The topological polar surface area (TPSA) is 47.4 Å². The van der Waals surface area contributed by atoms with Crippen molar-refractivity contribution < 1.29 is 18.3 Å². The molecule has 0 spiro atoms. The molecule has 1 aromatic heterocycles. The molecule has 5 nitrogen and oxygen atoms in total. The van der Waals surface area contributed by atoms with Crippen LogP contribution in [-0.2, 0) is 16.1 Å². The summed E-state index contributed by atoms with van der Waals surface area (Å²) in [6, 6.07) is 0. The first-order chi connectivity index (χ1) is 11.8. The fraction of sp³-hybridized carbons (Fsp3) is 0.778. The van der Waals surface area contributed by atoms with Crippen LogP contribution < -0.4 is 0 Å². The van der Waals surface area contributed by atoms with Crippen LogP contribution in [0.3, 0.4) is 0 Å². The first-order valence-electron chi connectivity index (χ1n) is 8.95. The van der Waals surface area contributed by atoms with Crippen molar-refractivity contribution in [1.29, 1.82) is 0 Å². The molecule has 2 rings (SSSR count). The number of carbonyl (C=O) groups excluding carboxylic acids is 1. The van der Waals surface area contributed by atoms with Crippen LogP contribution in [0.2, 0.25) is 0 Å². The third-order valence-corrected chi connectivity index (χ3v) is 5.01. The second-order valence-electron chi connectivity index (χ2n) is 7.56. The summed E-state index contributed by atoms with van der Waals surface area (Å²) in [6.07, 6.45) is 5.68.